The molecule has 1 aliphatic carbocycles. The highest BCUT2D eigenvalue weighted by atomic mass is 16.5. The molecule has 1 unspecified atom stereocenters. The Balaban J connectivity index is 2.37. The Hall–Kier alpha value is -0.860. The van der Waals surface area contributed by atoms with Gasteiger partial charge in [-0.15, -0.1) is 0 Å². The number of ether oxygens (including phenoxy) is 1. The highest BCUT2D eigenvalue weighted by Crippen LogP contribution is 2.21. The molecule has 0 bridgehead atoms. The fourth-order valence-corrected chi connectivity index (χ4v) is 2.77. The van der Waals surface area contributed by atoms with E-state index in [4.69, 9.17) is 4.74 Å². The van der Waals surface area contributed by atoms with Gasteiger partial charge in [-0.05, 0) is 19.3 Å². The zero-order chi connectivity index (χ0) is 13.9. The van der Waals surface area contributed by atoms with Crippen LogP contribution in [0.2, 0.25) is 0 Å². The van der Waals surface area contributed by atoms with Gasteiger partial charge in [0.1, 0.15) is 5.78 Å². The van der Waals surface area contributed by atoms with Gasteiger partial charge in [-0.25, -0.2) is 0 Å². The lowest BCUT2D eigenvalue weighted by molar-refractivity contribution is -0.142. The average Bonchev–Trinajstić information content (AvgIpc) is 2.36. The number of hydrogen-bond acceptors (Lipinski definition) is 3. The molecule has 0 aromatic heterocycles. The van der Waals surface area contributed by atoms with Gasteiger partial charge in [0.25, 0.3) is 0 Å². The Morgan fingerprint density at radius 2 is 1.63 bits per heavy atom. The molecule has 0 aromatic rings. The van der Waals surface area contributed by atoms with E-state index in [2.05, 4.69) is 0 Å². The average molecular weight is 268 g/mol. The summed E-state index contributed by atoms with van der Waals surface area (Å²) in [4.78, 5) is 22.9. The van der Waals surface area contributed by atoms with Gasteiger partial charge in [-0.1, -0.05) is 44.9 Å². The Bertz CT molecular complexity index is 273. The van der Waals surface area contributed by atoms with Gasteiger partial charge in [-0.3, -0.25) is 9.59 Å². The minimum atomic E-state index is -0.249. The topological polar surface area (TPSA) is 43.4 Å². The Labute approximate surface area is 117 Å². The van der Waals surface area contributed by atoms with Crippen molar-refractivity contribution in [1.82, 2.24) is 0 Å². The van der Waals surface area contributed by atoms with Crippen LogP contribution in [0.25, 0.3) is 0 Å². The molecule has 110 valence electrons. The predicted molar refractivity (Wildman–Crippen MR) is 75.9 cm³/mol. The van der Waals surface area contributed by atoms with Gasteiger partial charge in [0.05, 0.1) is 6.61 Å². The number of Topliss-reactive ketones (excluding diaryl/α,β-unsaturated/α-hetero) is 1. The molecule has 1 rings (SSSR count). The number of ketones is 1. The quantitative estimate of drug-likeness (QED) is 0.725. The minimum Gasteiger partial charge on any atom is -0.466 e. The van der Waals surface area contributed by atoms with Gasteiger partial charge in [-0.2, -0.15) is 0 Å². The number of esters is 1. The highest BCUT2D eigenvalue weighted by Gasteiger charge is 2.18. The molecule has 0 amide bonds. The molecule has 1 aliphatic rings. The summed E-state index contributed by atoms with van der Waals surface area (Å²) < 4.78 is 4.97. The van der Waals surface area contributed by atoms with Crippen molar-refractivity contribution in [2.75, 3.05) is 6.61 Å². The van der Waals surface area contributed by atoms with Gasteiger partial charge >= 0.3 is 5.97 Å². The number of rotatable bonds is 3. The van der Waals surface area contributed by atoms with E-state index in [1.165, 1.54) is 45.4 Å². The first-order valence-electron chi connectivity index (χ1n) is 7.86. The maximum Gasteiger partial charge on any atom is 0.302 e. The predicted octanol–water partition coefficient (Wildman–Crippen LogP) is 4.04. The van der Waals surface area contributed by atoms with Crippen molar-refractivity contribution in [1.29, 1.82) is 0 Å². The van der Waals surface area contributed by atoms with Crippen LogP contribution in [0.15, 0.2) is 0 Å². The molecule has 3 heteroatoms. The molecule has 19 heavy (non-hydrogen) atoms. The molecule has 0 radical (unpaired) electrons. The van der Waals surface area contributed by atoms with Crippen LogP contribution in [0.5, 0.6) is 0 Å². The van der Waals surface area contributed by atoms with Crippen molar-refractivity contribution in [3.05, 3.63) is 0 Å². The number of hydrogen-bond donors (Lipinski definition) is 0. The third kappa shape index (κ3) is 8.02. The molecular weight excluding hydrogens is 240 g/mol. The van der Waals surface area contributed by atoms with Crippen LogP contribution in [0.1, 0.15) is 77.6 Å². The summed E-state index contributed by atoms with van der Waals surface area (Å²) in [6, 6.07) is 0. The van der Waals surface area contributed by atoms with Crippen LogP contribution in [0.4, 0.5) is 0 Å². The van der Waals surface area contributed by atoms with E-state index in [-0.39, 0.29) is 11.9 Å². The van der Waals surface area contributed by atoms with E-state index in [1.807, 2.05) is 0 Å². The van der Waals surface area contributed by atoms with E-state index in [0.717, 1.165) is 19.3 Å². The van der Waals surface area contributed by atoms with E-state index in [1.54, 1.807) is 0 Å². The maximum atomic E-state index is 12.2. The molecule has 0 aliphatic heterocycles. The lowest BCUT2D eigenvalue weighted by atomic mass is 9.90. The lowest BCUT2D eigenvalue weighted by Gasteiger charge is -2.16. The first-order valence-corrected chi connectivity index (χ1v) is 7.86. The maximum absolute atomic E-state index is 12.2. The summed E-state index contributed by atoms with van der Waals surface area (Å²) in [6.07, 6.45) is 12.2. The van der Waals surface area contributed by atoms with E-state index < -0.39 is 0 Å². The first kappa shape index (κ1) is 16.2. The van der Waals surface area contributed by atoms with Gasteiger partial charge in [0, 0.05) is 19.3 Å². The minimum absolute atomic E-state index is 0.110. The first-order chi connectivity index (χ1) is 9.20. The third-order valence-corrected chi connectivity index (χ3v) is 3.95. The molecule has 1 atom stereocenters. The molecule has 0 heterocycles. The van der Waals surface area contributed by atoms with Crippen LogP contribution < -0.4 is 0 Å². The molecule has 0 N–H and O–H groups in total. The molecule has 0 aromatic carbocycles. The van der Waals surface area contributed by atoms with Crippen molar-refractivity contribution in [3.8, 4) is 0 Å². The van der Waals surface area contributed by atoms with Crippen LogP contribution in [0.3, 0.4) is 0 Å². The second-order valence-corrected chi connectivity index (χ2v) is 5.66. The highest BCUT2D eigenvalue weighted by molar-refractivity contribution is 5.80. The molecule has 1 fully saturated rings. The summed E-state index contributed by atoms with van der Waals surface area (Å²) in [7, 11) is 0. The summed E-state index contributed by atoms with van der Waals surface area (Å²) in [5.41, 5.74) is 0. The van der Waals surface area contributed by atoms with Crippen molar-refractivity contribution < 1.29 is 14.3 Å². The fraction of sp³-hybridized carbons (Fsp3) is 0.875. The number of carbonyl (C=O) groups excluding carboxylic acids is 2. The summed E-state index contributed by atoms with van der Waals surface area (Å²) in [6.45, 7) is 1.81. The van der Waals surface area contributed by atoms with Crippen LogP contribution in [-0.2, 0) is 14.3 Å². The zero-order valence-electron chi connectivity index (χ0n) is 12.3. The molecule has 0 saturated heterocycles. The second-order valence-electron chi connectivity index (χ2n) is 5.66. The largest absolute Gasteiger partial charge is 0.466 e. The molecule has 1 saturated carbocycles. The Morgan fingerprint density at radius 3 is 2.26 bits per heavy atom. The number of carbonyl (C=O) groups is 2. The van der Waals surface area contributed by atoms with E-state index in [0.29, 0.717) is 25.2 Å². The standard InChI is InChI=1S/C16H28O3/c1-14(17)19-13-12-15-10-8-6-4-2-3-5-7-9-11-16(15)18/h15H,2-13H2,1H3. The summed E-state index contributed by atoms with van der Waals surface area (Å²) >= 11 is 0. The van der Waals surface area contributed by atoms with Gasteiger partial charge in [0.15, 0.2) is 0 Å². The van der Waals surface area contributed by atoms with Gasteiger partial charge in [0.2, 0.25) is 0 Å². The van der Waals surface area contributed by atoms with Crippen LogP contribution in [0, 0.1) is 5.92 Å². The monoisotopic (exact) mass is 268 g/mol. The van der Waals surface area contributed by atoms with E-state index in [9.17, 15) is 9.59 Å². The van der Waals surface area contributed by atoms with E-state index >= 15 is 0 Å². The third-order valence-electron chi connectivity index (χ3n) is 3.95. The van der Waals surface area contributed by atoms with Crippen molar-refractivity contribution in [2.24, 2.45) is 5.92 Å². The van der Waals surface area contributed by atoms with Crippen molar-refractivity contribution in [2.45, 2.75) is 77.6 Å². The second kappa shape index (κ2) is 9.99. The molecular formula is C16H28O3. The summed E-state index contributed by atoms with van der Waals surface area (Å²) in [5, 5.41) is 0. The van der Waals surface area contributed by atoms with Crippen molar-refractivity contribution in [3.63, 3.8) is 0 Å². The Morgan fingerprint density at radius 1 is 1.05 bits per heavy atom. The van der Waals surface area contributed by atoms with Crippen LogP contribution >= 0.6 is 0 Å². The normalized spacial score (nSPS) is 23.2. The SMILES string of the molecule is CC(=O)OCCC1CCCCCCCCCCC1=O. The smallest absolute Gasteiger partial charge is 0.302 e. The summed E-state index contributed by atoms with van der Waals surface area (Å²) in [5.74, 6) is 0.243. The fourth-order valence-electron chi connectivity index (χ4n) is 2.77. The molecule has 3 nitrogen and oxygen atoms in total. The molecule has 0 spiro atoms. The lowest BCUT2D eigenvalue weighted by Crippen LogP contribution is -2.18. The Kier molecular flexibility index (Phi) is 8.52. The van der Waals surface area contributed by atoms with Crippen molar-refractivity contribution >= 4 is 11.8 Å². The van der Waals surface area contributed by atoms with Crippen LogP contribution in [-0.4, -0.2) is 18.4 Å². The zero-order valence-corrected chi connectivity index (χ0v) is 12.3. The van der Waals surface area contributed by atoms with Gasteiger partial charge < -0.3 is 4.74 Å².